The maximum Gasteiger partial charge on any atom is 0.310 e. The van der Waals surface area contributed by atoms with Gasteiger partial charge in [0.2, 0.25) is 0 Å². The van der Waals surface area contributed by atoms with Crippen molar-refractivity contribution < 1.29 is 9.90 Å². The topological polar surface area (TPSA) is 55.1 Å². The lowest BCUT2D eigenvalue weighted by atomic mass is 9.99. The third kappa shape index (κ3) is 2.74. The van der Waals surface area contributed by atoms with Gasteiger partial charge in [0.05, 0.1) is 18.2 Å². The number of carboxylic acids is 1. The Morgan fingerprint density at radius 3 is 2.65 bits per heavy atom. The summed E-state index contributed by atoms with van der Waals surface area (Å²) in [5, 5.41) is 13.7. The van der Waals surface area contributed by atoms with Crippen LogP contribution in [-0.2, 0) is 11.3 Å². The van der Waals surface area contributed by atoms with Gasteiger partial charge in [0.25, 0.3) is 0 Å². The van der Waals surface area contributed by atoms with Crippen molar-refractivity contribution >= 4 is 5.97 Å². The van der Waals surface area contributed by atoms with Crippen LogP contribution in [-0.4, -0.2) is 20.9 Å². The van der Waals surface area contributed by atoms with Gasteiger partial charge < -0.3 is 5.11 Å². The number of nitrogens with zero attached hydrogens (tertiary/aromatic N) is 2. The minimum Gasteiger partial charge on any atom is -0.481 e. The predicted molar refractivity (Wildman–Crippen MR) is 78.0 cm³/mol. The van der Waals surface area contributed by atoms with Crippen molar-refractivity contribution in [2.75, 3.05) is 0 Å². The lowest BCUT2D eigenvalue weighted by molar-refractivity contribution is -0.138. The van der Waals surface area contributed by atoms with E-state index in [2.05, 4.69) is 30.2 Å². The number of hydrogen-bond donors (Lipinski definition) is 1. The van der Waals surface area contributed by atoms with Crippen LogP contribution in [0.3, 0.4) is 0 Å². The molecule has 0 fully saturated rings. The zero-order valence-electron chi connectivity index (χ0n) is 12.3. The third-order valence-corrected chi connectivity index (χ3v) is 3.66. The fourth-order valence-corrected chi connectivity index (χ4v) is 2.60. The van der Waals surface area contributed by atoms with Crippen LogP contribution in [0.4, 0.5) is 0 Å². The monoisotopic (exact) mass is 272 g/mol. The summed E-state index contributed by atoms with van der Waals surface area (Å²) in [6.07, 6.45) is 0. The molecule has 0 aliphatic carbocycles. The number of rotatable bonds is 4. The van der Waals surface area contributed by atoms with Crippen molar-refractivity contribution in [2.24, 2.45) is 0 Å². The summed E-state index contributed by atoms with van der Waals surface area (Å²) >= 11 is 0. The number of carboxylic acid groups (broad SMARTS) is 1. The molecule has 1 heterocycles. The van der Waals surface area contributed by atoms with E-state index in [1.165, 1.54) is 11.1 Å². The smallest absolute Gasteiger partial charge is 0.310 e. The van der Waals surface area contributed by atoms with Crippen molar-refractivity contribution in [1.29, 1.82) is 0 Å². The molecule has 2 rings (SSSR count). The van der Waals surface area contributed by atoms with Gasteiger partial charge >= 0.3 is 5.97 Å². The van der Waals surface area contributed by atoms with Gasteiger partial charge in [-0.25, -0.2) is 0 Å². The molecule has 0 aliphatic heterocycles. The van der Waals surface area contributed by atoms with Gasteiger partial charge in [0.1, 0.15) is 0 Å². The fraction of sp³-hybridized carbons (Fsp3) is 0.375. The van der Waals surface area contributed by atoms with Crippen LogP contribution in [0, 0.1) is 20.8 Å². The molecule has 4 nitrogen and oxygen atoms in total. The van der Waals surface area contributed by atoms with Crippen molar-refractivity contribution in [3.05, 3.63) is 52.3 Å². The Bertz CT molecular complexity index is 644. The van der Waals surface area contributed by atoms with Crippen molar-refractivity contribution in [3.63, 3.8) is 0 Å². The molecule has 2 aromatic rings. The molecule has 0 spiro atoms. The first-order valence-corrected chi connectivity index (χ1v) is 6.72. The lowest BCUT2D eigenvalue weighted by Crippen LogP contribution is -2.10. The number of aliphatic carboxylic acids is 1. The Balaban J connectivity index is 2.35. The molecular weight excluding hydrogens is 252 g/mol. The van der Waals surface area contributed by atoms with Crippen LogP contribution < -0.4 is 0 Å². The van der Waals surface area contributed by atoms with Crippen LogP contribution in [0.25, 0.3) is 0 Å². The first-order valence-electron chi connectivity index (χ1n) is 6.72. The fourth-order valence-electron chi connectivity index (χ4n) is 2.60. The molecule has 0 amide bonds. The highest BCUT2D eigenvalue weighted by atomic mass is 16.4. The average Bonchev–Trinajstić information content (AvgIpc) is 2.63. The van der Waals surface area contributed by atoms with Gasteiger partial charge in [-0.3, -0.25) is 9.48 Å². The van der Waals surface area contributed by atoms with Gasteiger partial charge in [0, 0.05) is 11.3 Å². The van der Waals surface area contributed by atoms with E-state index in [-0.39, 0.29) is 0 Å². The van der Waals surface area contributed by atoms with E-state index in [1.807, 2.05) is 24.6 Å². The minimum atomic E-state index is -0.814. The SMILES string of the molecule is Cc1cccc(Cn2nc(C)c(C(C)C(=O)O)c2C)c1. The lowest BCUT2D eigenvalue weighted by Gasteiger charge is -2.09. The van der Waals surface area contributed by atoms with Gasteiger partial charge in [0.15, 0.2) is 0 Å². The summed E-state index contributed by atoms with van der Waals surface area (Å²) in [6, 6.07) is 8.26. The van der Waals surface area contributed by atoms with E-state index < -0.39 is 11.9 Å². The average molecular weight is 272 g/mol. The standard InChI is InChI=1S/C16H20N2O2/c1-10-6-5-7-14(8-10)9-18-13(4)15(12(3)17-18)11(2)16(19)20/h5-8,11H,9H2,1-4H3,(H,19,20). The third-order valence-electron chi connectivity index (χ3n) is 3.66. The first-order chi connectivity index (χ1) is 9.40. The van der Waals surface area contributed by atoms with Crippen LogP contribution >= 0.6 is 0 Å². The van der Waals surface area contributed by atoms with E-state index in [9.17, 15) is 9.90 Å². The summed E-state index contributed by atoms with van der Waals surface area (Å²) in [5.74, 6) is -1.34. The van der Waals surface area contributed by atoms with Gasteiger partial charge in [-0.1, -0.05) is 29.8 Å². The van der Waals surface area contributed by atoms with E-state index in [0.29, 0.717) is 6.54 Å². The van der Waals surface area contributed by atoms with E-state index in [0.717, 1.165) is 17.0 Å². The highest BCUT2D eigenvalue weighted by Gasteiger charge is 2.22. The highest BCUT2D eigenvalue weighted by Crippen LogP contribution is 2.24. The van der Waals surface area contributed by atoms with E-state index in [4.69, 9.17) is 0 Å². The second-order valence-electron chi connectivity index (χ2n) is 5.29. The Hall–Kier alpha value is -2.10. The summed E-state index contributed by atoms with van der Waals surface area (Å²) in [5.41, 5.74) is 4.93. The molecule has 1 aromatic carbocycles. The Labute approximate surface area is 119 Å². The molecule has 0 saturated heterocycles. The van der Waals surface area contributed by atoms with E-state index >= 15 is 0 Å². The predicted octanol–water partition coefficient (Wildman–Crippen LogP) is 3.04. The van der Waals surface area contributed by atoms with Gasteiger partial charge in [-0.2, -0.15) is 5.10 Å². The van der Waals surface area contributed by atoms with Gasteiger partial charge in [-0.15, -0.1) is 0 Å². The zero-order valence-corrected chi connectivity index (χ0v) is 12.3. The van der Waals surface area contributed by atoms with Crippen molar-refractivity contribution in [1.82, 2.24) is 9.78 Å². The molecule has 1 N–H and O–H groups in total. The number of benzene rings is 1. The molecule has 4 heteroatoms. The molecule has 1 aromatic heterocycles. The first kappa shape index (κ1) is 14.3. The molecule has 20 heavy (non-hydrogen) atoms. The summed E-state index contributed by atoms with van der Waals surface area (Å²) < 4.78 is 1.89. The molecule has 1 unspecified atom stereocenters. The maximum absolute atomic E-state index is 11.2. The maximum atomic E-state index is 11.2. The molecule has 0 aliphatic rings. The van der Waals surface area contributed by atoms with Crippen molar-refractivity contribution in [3.8, 4) is 0 Å². The van der Waals surface area contributed by atoms with Crippen LogP contribution in [0.5, 0.6) is 0 Å². The largest absolute Gasteiger partial charge is 0.481 e. The molecule has 0 bridgehead atoms. The highest BCUT2D eigenvalue weighted by molar-refractivity contribution is 5.76. The molecule has 1 atom stereocenters. The minimum absolute atomic E-state index is 0.527. The Kier molecular flexibility index (Phi) is 3.93. The summed E-state index contributed by atoms with van der Waals surface area (Å²) in [4.78, 5) is 11.2. The number of aryl methyl sites for hydroxylation is 2. The number of hydrogen-bond acceptors (Lipinski definition) is 2. The second-order valence-corrected chi connectivity index (χ2v) is 5.29. The zero-order chi connectivity index (χ0) is 14.9. The molecule has 0 radical (unpaired) electrons. The van der Waals surface area contributed by atoms with Crippen LogP contribution in [0.15, 0.2) is 24.3 Å². The van der Waals surface area contributed by atoms with E-state index in [1.54, 1.807) is 6.92 Å². The quantitative estimate of drug-likeness (QED) is 0.930. The normalized spacial score (nSPS) is 12.4. The summed E-state index contributed by atoms with van der Waals surface area (Å²) in [6.45, 7) is 8.23. The van der Waals surface area contributed by atoms with Gasteiger partial charge in [-0.05, 0) is 33.3 Å². The van der Waals surface area contributed by atoms with Crippen LogP contribution in [0.2, 0.25) is 0 Å². The number of carbonyl (C=O) groups is 1. The molecule has 106 valence electrons. The summed E-state index contributed by atoms with van der Waals surface area (Å²) in [7, 11) is 0. The number of aromatic nitrogens is 2. The van der Waals surface area contributed by atoms with Crippen molar-refractivity contribution in [2.45, 2.75) is 40.2 Å². The Morgan fingerprint density at radius 2 is 2.05 bits per heavy atom. The Morgan fingerprint density at radius 1 is 1.35 bits per heavy atom. The molecular formula is C16H20N2O2. The molecule has 0 saturated carbocycles. The van der Waals surface area contributed by atoms with Crippen LogP contribution in [0.1, 0.15) is 40.9 Å². The second kappa shape index (κ2) is 5.49.